The van der Waals surface area contributed by atoms with Crippen LogP contribution in [0.3, 0.4) is 0 Å². The fourth-order valence-electron chi connectivity index (χ4n) is 6.20. The Balaban J connectivity index is 1.50. The van der Waals surface area contributed by atoms with Crippen molar-refractivity contribution in [2.24, 2.45) is 7.05 Å². The van der Waals surface area contributed by atoms with E-state index in [0.717, 1.165) is 58.8 Å². The minimum Gasteiger partial charge on any atom is -0.497 e. The maximum Gasteiger partial charge on any atom is 0.270 e. The first kappa shape index (κ1) is 34.5. The third kappa shape index (κ3) is 7.17. The van der Waals surface area contributed by atoms with E-state index in [2.05, 4.69) is 20.3 Å². The Morgan fingerprint density at radius 3 is 2.12 bits per heavy atom. The van der Waals surface area contributed by atoms with E-state index in [9.17, 15) is 9.59 Å². The fraction of sp³-hybridized carbons (Fsp3) is 0.378. The summed E-state index contributed by atoms with van der Waals surface area (Å²) < 4.78 is 18.9. The van der Waals surface area contributed by atoms with Gasteiger partial charge in [-0.15, -0.1) is 0 Å². The highest BCUT2D eigenvalue weighted by atomic mass is 16.5. The number of carbonyl (C=O) groups excluding carboxylic acids is 2. The molecule has 0 unspecified atom stereocenters. The van der Waals surface area contributed by atoms with Crippen LogP contribution in [-0.4, -0.2) is 105 Å². The molecule has 0 aliphatic rings. The number of fused-ring (bicyclic) bond motifs is 2. The number of hydrogen-bond acceptors (Lipinski definition) is 8. The van der Waals surface area contributed by atoms with E-state index in [-0.39, 0.29) is 5.91 Å². The van der Waals surface area contributed by atoms with E-state index in [0.29, 0.717) is 47.2 Å². The Labute approximate surface area is 282 Å². The van der Waals surface area contributed by atoms with Gasteiger partial charge in [0.1, 0.15) is 34.2 Å². The summed E-state index contributed by atoms with van der Waals surface area (Å²) in [6, 6.07) is 15.3. The lowest BCUT2D eigenvalue weighted by Crippen LogP contribution is -2.36. The van der Waals surface area contributed by atoms with Gasteiger partial charge in [0.25, 0.3) is 11.8 Å². The summed E-state index contributed by atoms with van der Waals surface area (Å²) in [5, 5.41) is 10.8. The Hall–Kier alpha value is -4.87. The molecule has 5 rings (SSSR count). The molecule has 0 spiro atoms. The molecule has 1 N–H and O–H groups in total. The quantitative estimate of drug-likeness (QED) is 0.148. The molecule has 0 bridgehead atoms. The van der Waals surface area contributed by atoms with Gasteiger partial charge in [-0.3, -0.25) is 9.59 Å². The van der Waals surface area contributed by atoms with Gasteiger partial charge in [-0.05, 0) is 96.1 Å². The average molecular weight is 655 g/mol. The smallest absolute Gasteiger partial charge is 0.270 e. The van der Waals surface area contributed by atoms with Gasteiger partial charge in [-0.1, -0.05) is 29.4 Å². The Kier molecular flexibility index (Phi) is 10.7. The SMILES string of the molecule is COc1ccc2c(OC)c3ccccc3c(-c3noc(C)c3C(=O)Nc3cc(C(=O)N(CCCN(C)C)CCCN(C)C)n(C)c3)c2c1. The summed E-state index contributed by atoms with van der Waals surface area (Å²) in [6.45, 7) is 4.79. The van der Waals surface area contributed by atoms with Crippen LogP contribution < -0.4 is 14.8 Å². The number of anilines is 1. The standard InChI is InChI=1S/C37H46N6O5/c1-24-32(34(39-48-24)33-27-13-9-10-14-28(27)35(47-8)29-16-15-26(46-7)22-30(29)33)36(44)38-25-21-31(42(6)23-25)37(45)43(19-11-17-40(2)3)20-12-18-41(4)5/h9-10,13-16,21-23H,11-12,17-20H2,1-8H3,(H,38,44). The summed E-state index contributed by atoms with van der Waals surface area (Å²) in [5.41, 5.74) is 2.45. The van der Waals surface area contributed by atoms with Gasteiger partial charge in [0, 0.05) is 42.7 Å². The lowest BCUT2D eigenvalue weighted by Gasteiger charge is -2.24. The van der Waals surface area contributed by atoms with Crippen LogP contribution in [0.1, 0.15) is 39.4 Å². The Morgan fingerprint density at radius 1 is 0.854 bits per heavy atom. The van der Waals surface area contributed by atoms with Crippen LogP contribution in [0.4, 0.5) is 5.69 Å². The summed E-state index contributed by atoms with van der Waals surface area (Å²) in [5.74, 6) is 1.29. The Morgan fingerprint density at radius 2 is 1.50 bits per heavy atom. The van der Waals surface area contributed by atoms with Crippen molar-refractivity contribution in [1.29, 1.82) is 0 Å². The molecule has 0 atom stereocenters. The number of amides is 2. The zero-order chi connectivity index (χ0) is 34.5. The summed E-state index contributed by atoms with van der Waals surface area (Å²) in [7, 11) is 13.2. The second-order valence-electron chi connectivity index (χ2n) is 12.6. The third-order valence-electron chi connectivity index (χ3n) is 8.55. The van der Waals surface area contributed by atoms with Gasteiger partial charge in [-0.2, -0.15) is 0 Å². The van der Waals surface area contributed by atoms with E-state index in [1.54, 1.807) is 38.0 Å². The zero-order valence-electron chi connectivity index (χ0n) is 29.2. The van der Waals surface area contributed by atoms with Crippen molar-refractivity contribution in [2.45, 2.75) is 19.8 Å². The van der Waals surface area contributed by atoms with Crippen LogP contribution in [0.15, 0.2) is 59.3 Å². The number of ether oxygens (including phenoxy) is 2. The van der Waals surface area contributed by atoms with Crippen molar-refractivity contribution >= 4 is 39.0 Å². The number of nitrogens with zero attached hydrogens (tertiary/aromatic N) is 5. The zero-order valence-corrected chi connectivity index (χ0v) is 29.2. The van der Waals surface area contributed by atoms with Crippen LogP contribution in [0.2, 0.25) is 0 Å². The van der Waals surface area contributed by atoms with Crippen molar-refractivity contribution in [3.63, 3.8) is 0 Å². The van der Waals surface area contributed by atoms with E-state index in [1.807, 2.05) is 82.6 Å². The minimum absolute atomic E-state index is 0.0671. The van der Waals surface area contributed by atoms with Crippen molar-refractivity contribution in [1.82, 2.24) is 24.4 Å². The normalized spacial score (nSPS) is 11.5. The van der Waals surface area contributed by atoms with Crippen molar-refractivity contribution in [2.75, 3.05) is 73.9 Å². The van der Waals surface area contributed by atoms with Gasteiger partial charge in [-0.25, -0.2) is 0 Å². The molecule has 0 aliphatic carbocycles. The highest BCUT2D eigenvalue weighted by molar-refractivity contribution is 6.20. The first-order valence-corrected chi connectivity index (χ1v) is 16.1. The molecule has 0 fully saturated rings. The highest BCUT2D eigenvalue weighted by Gasteiger charge is 2.27. The molecular weight excluding hydrogens is 608 g/mol. The summed E-state index contributed by atoms with van der Waals surface area (Å²) in [6.07, 6.45) is 3.49. The van der Waals surface area contributed by atoms with Crippen LogP contribution in [0.5, 0.6) is 11.5 Å². The molecule has 11 heteroatoms. The number of aryl methyl sites for hydroxylation is 2. The van der Waals surface area contributed by atoms with E-state index in [4.69, 9.17) is 14.0 Å². The molecule has 0 saturated carbocycles. The van der Waals surface area contributed by atoms with Crippen LogP contribution in [0.25, 0.3) is 32.8 Å². The monoisotopic (exact) mass is 654 g/mol. The number of methoxy groups -OCH3 is 2. The van der Waals surface area contributed by atoms with E-state index in [1.165, 1.54) is 0 Å². The predicted octanol–water partition coefficient (Wildman–Crippen LogP) is 5.91. The van der Waals surface area contributed by atoms with Crippen molar-refractivity contribution < 1.29 is 23.6 Å². The Bertz CT molecular complexity index is 1910. The number of rotatable bonds is 14. The topological polar surface area (TPSA) is 105 Å². The molecule has 0 aliphatic heterocycles. The van der Waals surface area contributed by atoms with Crippen LogP contribution in [-0.2, 0) is 7.05 Å². The average Bonchev–Trinajstić information content (AvgIpc) is 3.62. The minimum atomic E-state index is -0.391. The second-order valence-corrected chi connectivity index (χ2v) is 12.6. The molecule has 5 aromatic rings. The molecule has 0 radical (unpaired) electrons. The van der Waals surface area contributed by atoms with Crippen molar-refractivity contribution in [3.8, 4) is 22.8 Å². The number of nitrogens with one attached hydrogen (secondary N) is 1. The first-order chi connectivity index (χ1) is 23.0. The predicted molar refractivity (Wildman–Crippen MR) is 190 cm³/mol. The molecule has 2 aromatic heterocycles. The van der Waals surface area contributed by atoms with E-state index >= 15 is 0 Å². The molecular formula is C37H46N6O5. The molecule has 48 heavy (non-hydrogen) atoms. The van der Waals surface area contributed by atoms with Crippen LogP contribution >= 0.6 is 0 Å². The largest absolute Gasteiger partial charge is 0.497 e. The van der Waals surface area contributed by atoms with Gasteiger partial charge in [0.05, 0.1) is 19.9 Å². The molecule has 2 amide bonds. The maximum atomic E-state index is 14.1. The first-order valence-electron chi connectivity index (χ1n) is 16.1. The lowest BCUT2D eigenvalue weighted by atomic mass is 9.91. The molecule has 254 valence electrons. The highest BCUT2D eigenvalue weighted by Crippen LogP contribution is 2.45. The molecule has 0 saturated heterocycles. The molecule has 3 aromatic carbocycles. The second kappa shape index (κ2) is 14.9. The summed E-state index contributed by atoms with van der Waals surface area (Å²) >= 11 is 0. The van der Waals surface area contributed by atoms with E-state index < -0.39 is 5.91 Å². The van der Waals surface area contributed by atoms with Gasteiger partial charge >= 0.3 is 0 Å². The van der Waals surface area contributed by atoms with Crippen LogP contribution in [0, 0.1) is 6.92 Å². The molecule has 2 heterocycles. The molecule has 11 nitrogen and oxygen atoms in total. The number of hydrogen-bond donors (Lipinski definition) is 1. The summed E-state index contributed by atoms with van der Waals surface area (Å²) in [4.78, 5) is 34.0. The lowest BCUT2D eigenvalue weighted by molar-refractivity contribution is 0.0735. The number of carbonyl (C=O) groups is 2. The van der Waals surface area contributed by atoms with Gasteiger partial charge in [0.15, 0.2) is 0 Å². The van der Waals surface area contributed by atoms with Crippen molar-refractivity contribution in [3.05, 3.63) is 71.7 Å². The van der Waals surface area contributed by atoms with Gasteiger partial charge in [0.2, 0.25) is 0 Å². The third-order valence-corrected chi connectivity index (χ3v) is 8.55. The maximum absolute atomic E-state index is 14.1. The fourth-order valence-corrected chi connectivity index (χ4v) is 6.20. The van der Waals surface area contributed by atoms with Gasteiger partial charge < -0.3 is 38.6 Å². The number of aromatic nitrogens is 2. The number of benzene rings is 3.